The highest BCUT2D eigenvalue weighted by Gasteiger charge is 2.08. The topological polar surface area (TPSA) is 95.6 Å². The van der Waals surface area contributed by atoms with Gasteiger partial charge in [0.2, 0.25) is 0 Å². The average Bonchev–Trinajstić information content (AvgIpc) is 2.48. The maximum atomic E-state index is 12.1. The van der Waals surface area contributed by atoms with Crippen LogP contribution < -0.4 is 11.1 Å². The number of hydrogen-bond acceptors (Lipinski definition) is 4. The number of aromatic hydroxyl groups is 1. The fourth-order valence-corrected chi connectivity index (χ4v) is 1.98. The molecule has 110 valence electrons. The number of carbonyl (C=O) groups is 1. The minimum atomic E-state index is -0.315. The lowest BCUT2D eigenvalue weighted by molar-refractivity contribution is 0.102. The second kappa shape index (κ2) is 6.76. The van der Waals surface area contributed by atoms with Gasteiger partial charge in [0.25, 0.3) is 5.91 Å². The summed E-state index contributed by atoms with van der Waals surface area (Å²) in [6.07, 6.45) is 1.44. The van der Waals surface area contributed by atoms with Gasteiger partial charge < -0.3 is 21.3 Å². The molecule has 5 nitrogen and oxygen atoms in total. The molecule has 2 rings (SSSR count). The third-order valence-corrected chi connectivity index (χ3v) is 3.10. The molecule has 0 aliphatic heterocycles. The van der Waals surface area contributed by atoms with Crippen LogP contribution in [0.15, 0.2) is 42.5 Å². The van der Waals surface area contributed by atoms with Crippen molar-refractivity contribution in [3.05, 3.63) is 53.6 Å². The fraction of sp³-hybridized carbons (Fsp3) is 0.188. The van der Waals surface area contributed by atoms with Crippen LogP contribution in [0.4, 0.5) is 11.4 Å². The van der Waals surface area contributed by atoms with Gasteiger partial charge in [-0.3, -0.25) is 4.79 Å². The first kappa shape index (κ1) is 14.9. The predicted molar refractivity (Wildman–Crippen MR) is 82.3 cm³/mol. The number of carbonyl (C=O) groups excluding carboxylic acids is 1. The SMILES string of the molecule is Nc1ccc(C(=O)Nc2cccc(CCCO)c2)cc1O. The predicted octanol–water partition coefficient (Wildman–Crippen LogP) is 2.15. The van der Waals surface area contributed by atoms with Crippen molar-refractivity contribution in [3.8, 4) is 5.75 Å². The van der Waals surface area contributed by atoms with Crippen molar-refractivity contribution in [2.75, 3.05) is 17.7 Å². The summed E-state index contributed by atoms with van der Waals surface area (Å²) in [6.45, 7) is 0.140. The van der Waals surface area contributed by atoms with Gasteiger partial charge in [0.1, 0.15) is 5.75 Å². The van der Waals surface area contributed by atoms with E-state index in [-0.39, 0.29) is 24.0 Å². The monoisotopic (exact) mass is 286 g/mol. The van der Waals surface area contributed by atoms with Crippen molar-refractivity contribution < 1.29 is 15.0 Å². The summed E-state index contributed by atoms with van der Waals surface area (Å²) in [7, 11) is 0. The van der Waals surface area contributed by atoms with E-state index in [1.54, 1.807) is 12.1 Å². The summed E-state index contributed by atoms with van der Waals surface area (Å²) in [5.41, 5.74) is 7.79. The van der Waals surface area contributed by atoms with E-state index in [0.717, 1.165) is 12.0 Å². The Hall–Kier alpha value is -2.53. The molecule has 0 heterocycles. The number of anilines is 2. The molecule has 0 aliphatic carbocycles. The van der Waals surface area contributed by atoms with Gasteiger partial charge in [-0.15, -0.1) is 0 Å². The fourth-order valence-electron chi connectivity index (χ4n) is 1.98. The molecule has 21 heavy (non-hydrogen) atoms. The number of aliphatic hydroxyl groups is 1. The normalized spacial score (nSPS) is 10.3. The lowest BCUT2D eigenvalue weighted by Gasteiger charge is -2.08. The van der Waals surface area contributed by atoms with Gasteiger partial charge in [0, 0.05) is 17.9 Å². The number of aliphatic hydroxyl groups excluding tert-OH is 1. The highest BCUT2D eigenvalue weighted by molar-refractivity contribution is 6.04. The van der Waals surface area contributed by atoms with Crippen molar-refractivity contribution >= 4 is 17.3 Å². The van der Waals surface area contributed by atoms with Crippen LogP contribution in [0.1, 0.15) is 22.3 Å². The molecule has 0 aliphatic rings. The molecule has 2 aromatic carbocycles. The summed E-state index contributed by atoms with van der Waals surface area (Å²) in [5, 5.41) is 21.1. The van der Waals surface area contributed by atoms with Crippen LogP contribution in [0, 0.1) is 0 Å². The van der Waals surface area contributed by atoms with Gasteiger partial charge in [-0.25, -0.2) is 0 Å². The Morgan fingerprint density at radius 2 is 2.00 bits per heavy atom. The van der Waals surface area contributed by atoms with E-state index in [2.05, 4.69) is 5.32 Å². The molecule has 0 radical (unpaired) electrons. The Labute approximate surface area is 123 Å². The average molecular weight is 286 g/mol. The molecule has 0 aromatic heterocycles. The third-order valence-electron chi connectivity index (χ3n) is 3.10. The molecule has 5 N–H and O–H groups in total. The van der Waals surface area contributed by atoms with Gasteiger partial charge in [0.05, 0.1) is 5.69 Å². The van der Waals surface area contributed by atoms with E-state index in [0.29, 0.717) is 17.7 Å². The number of amides is 1. The van der Waals surface area contributed by atoms with Crippen molar-refractivity contribution in [1.82, 2.24) is 0 Å². The van der Waals surface area contributed by atoms with Gasteiger partial charge in [-0.2, -0.15) is 0 Å². The lowest BCUT2D eigenvalue weighted by atomic mass is 10.1. The molecule has 0 fully saturated rings. The van der Waals surface area contributed by atoms with E-state index < -0.39 is 0 Å². The second-order valence-corrected chi connectivity index (χ2v) is 4.76. The number of phenols is 1. The molecule has 0 unspecified atom stereocenters. The van der Waals surface area contributed by atoms with E-state index in [1.807, 2.05) is 18.2 Å². The summed E-state index contributed by atoms with van der Waals surface area (Å²) >= 11 is 0. The van der Waals surface area contributed by atoms with Crippen LogP contribution in [0.2, 0.25) is 0 Å². The Morgan fingerprint density at radius 3 is 2.71 bits per heavy atom. The quantitative estimate of drug-likeness (QED) is 0.500. The second-order valence-electron chi connectivity index (χ2n) is 4.76. The highest BCUT2D eigenvalue weighted by atomic mass is 16.3. The van der Waals surface area contributed by atoms with Gasteiger partial charge in [-0.1, -0.05) is 12.1 Å². The minimum absolute atomic E-state index is 0.112. The van der Waals surface area contributed by atoms with Crippen LogP contribution in [-0.4, -0.2) is 22.7 Å². The molecule has 0 saturated heterocycles. The minimum Gasteiger partial charge on any atom is -0.506 e. The zero-order valence-electron chi connectivity index (χ0n) is 11.5. The summed E-state index contributed by atoms with van der Waals surface area (Å²) in [5.74, 6) is -0.427. The number of benzene rings is 2. The number of phenolic OH excluding ortho intramolecular Hbond substituents is 1. The molecule has 0 spiro atoms. The zero-order valence-corrected chi connectivity index (χ0v) is 11.5. The van der Waals surface area contributed by atoms with Crippen LogP contribution in [0.25, 0.3) is 0 Å². The van der Waals surface area contributed by atoms with Crippen LogP contribution in [0.5, 0.6) is 5.75 Å². The number of nitrogen functional groups attached to an aromatic ring is 1. The third kappa shape index (κ3) is 3.97. The lowest BCUT2D eigenvalue weighted by Crippen LogP contribution is -2.12. The molecule has 0 saturated carbocycles. The van der Waals surface area contributed by atoms with E-state index >= 15 is 0 Å². The summed E-state index contributed by atoms with van der Waals surface area (Å²) in [4.78, 5) is 12.1. The number of nitrogens with one attached hydrogen (secondary N) is 1. The Kier molecular flexibility index (Phi) is 4.79. The molecular formula is C16H18N2O3. The zero-order chi connectivity index (χ0) is 15.2. The van der Waals surface area contributed by atoms with E-state index in [4.69, 9.17) is 10.8 Å². The molecule has 0 atom stereocenters. The number of hydrogen-bond donors (Lipinski definition) is 4. The van der Waals surface area contributed by atoms with Gasteiger partial charge in [0.15, 0.2) is 0 Å². The Bertz CT molecular complexity index is 641. The number of nitrogens with two attached hydrogens (primary N) is 1. The highest BCUT2D eigenvalue weighted by Crippen LogP contribution is 2.21. The standard InChI is InChI=1S/C16H18N2O3/c17-14-7-6-12(10-15(14)20)16(21)18-13-5-1-3-11(9-13)4-2-8-19/h1,3,5-7,9-10,19-20H,2,4,8,17H2,(H,18,21). The first-order chi connectivity index (χ1) is 10.1. The first-order valence-corrected chi connectivity index (χ1v) is 6.70. The molecule has 1 amide bonds. The van der Waals surface area contributed by atoms with Crippen molar-refractivity contribution in [3.63, 3.8) is 0 Å². The smallest absolute Gasteiger partial charge is 0.255 e. The Morgan fingerprint density at radius 1 is 1.19 bits per heavy atom. The van der Waals surface area contributed by atoms with Crippen molar-refractivity contribution in [1.29, 1.82) is 0 Å². The molecule has 2 aromatic rings. The largest absolute Gasteiger partial charge is 0.506 e. The van der Waals surface area contributed by atoms with Crippen molar-refractivity contribution in [2.45, 2.75) is 12.8 Å². The summed E-state index contributed by atoms with van der Waals surface area (Å²) < 4.78 is 0. The van der Waals surface area contributed by atoms with Gasteiger partial charge in [-0.05, 0) is 48.7 Å². The molecule has 5 heteroatoms. The van der Waals surface area contributed by atoms with E-state index in [9.17, 15) is 9.90 Å². The Balaban J connectivity index is 2.10. The molecule has 0 bridgehead atoms. The van der Waals surface area contributed by atoms with Crippen molar-refractivity contribution in [2.24, 2.45) is 0 Å². The van der Waals surface area contributed by atoms with Crippen LogP contribution in [-0.2, 0) is 6.42 Å². The van der Waals surface area contributed by atoms with Gasteiger partial charge >= 0.3 is 0 Å². The van der Waals surface area contributed by atoms with Crippen LogP contribution in [0.3, 0.4) is 0 Å². The number of rotatable bonds is 5. The number of aryl methyl sites for hydroxylation is 1. The first-order valence-electron chi connectivity index (χ1n) is 6.70. The maximum absolute atomic E-state index is 12.1. The molecular weight excluding hydrogens is 268 g/mol. The maximum Gasteiger partial charge on any atom is 0.255 e. The van der Waals surface area contributed by atoms with Crippen LogP contribution >= 0.6 is 0 Å². The van der Waals surface area contributed by atoms with E-state index in [1.165, 1.54) is 12.1 Å². The summed E-state index contributed by atoms with van der Waals surface area (Å²) in [6, 6.07) is 11.8.